The third kappa shape index (κ3) is 5.28. The van der Waals surface area contributed by atoms with Crippen molar-refractivity contribution in [2.45, 2.75) is 19.1 Å². The second-order valence-corrected chi connectivity index (χ2v) is 9.77. The molecule has 0 saturated heterocycles. The zero-order valence-electron chi connectivity index (χ0n) is 21.9. The number of nitrogens with two attached hydrogens (primary N) is 1. The number of nitrogens with one attached hydrogen (secondary N) is 1. The number of hydrogen-bond acceptors (Lipinski definition) is 4. The van der Waals surface area contributed by atoms with Crippen molar-refractivity contribution in [2.24, 2.45) is 5.73 Å². The van der Waals surface area contributed by atoms with Gasteiger partial charge in [-0.2, -0.15) is 18.3 Å². The largest absolute Gasteiger partial charge is 0.435 e. The van der Waals surface area contributed by atoms with Crippen molar-refractivity contribution < 1.29 is 22.8 Å². The quantitative estimate of drug-likeness (QED) is 0.341. The lowest BCUT2D eigenvalue weighted by atomic mass is 9.98. The van der Waals surface area contributed by atoms with Gasteiger partial charge < -0.3 is 20.9 Å². The number of amides is 3. The number of carbonyl (C=O) groups is 2. The monoisotopic (exact) mass is 548 g/mol. The first kappa shape index (κ1) is 26.9. The number of benzene rings is 3. The molecule has 0 spiro atoms. The molecule has 2 heterocycles. The molecule has 5 rings (SSSR count). The summed E-state index contributed by atoms with van der Waals surface area (Å²) < 4.78 is 42.8. The van der Waals surface area contributed by atoms with Gasteiger partial charge in [-0.25, -0.2) is 9.48 Å². The van der Waals surface area contributed by atoms with Gasteiger partial charge >= 0.3 is 12.2 Å². The zero-order valence-corrected chi connectivity index (χ0v) is 21.9. The van der Waals surface area contributed by atoms with E-state index in [-0.39, 0.29) is 35.6 Å². The highest BCUT2D eigenvalue weighted by molar-refractivity contribution is 6.07. The molecule has 1 aliphatic rings. The van der Waals surface area contributed by atoms with Gasteiger partial charge in [0.15, 0.2) is 5.69 Å². The summed E-state index contributed by atoms with van der Waals surface area (Å²) in [4.78, 5) is 28.6. The van der Waals surface area contributed by atoms with Crippen LogP contribution in [0, 0.1) is 0 Å². The number of carbonyl (C=O) groups excluding carboxylic acids is 2. The first-order valence-corrected chi connectivity index (χ1v) is 12.5. The number of urea groups is 1. The Labute approximate surface area is 228 Å². The standard InChI is InChI=1S/C29H27F3N6O2/c1-36(2)17-19-6-3-4-9-23(19)18-10-12-21(13-11-18)37-15-14-24-25(27(37)39)38(35-26(24)29(30,31)32)22-8-5-7-20(16-22)34-28(33)40/h3-13,16H,14-15,17H2,1-2H3,(H3,33,34,40). The molecule has 3 N–H and O–H groups in total. The van der Waals surface area contributed by atoms with Crippen LogP contribution in [0.5, 0.6) is 0 Å². The van der Waals surface area contributed by atoms with E-state index >= 15 is 0 Å². The van der Waals surface area contributed by atoms with Gasteiger partial charge in [0.25, 0.3) is 5.91 Å². The van der Waals surface area contributed by atoms with E-state index in [2.05, 4.69) is 21.4 Å². The van der Waals surface area contributed by atoms with Crippen LogP contribution >= 0.6 is 0 Å². The van der Waals surface area contributed by atoms with Crippen LogP contribution in [0.25, 0.3) is 16.8 Å². The van der Waals surface area contributed by atoms with E-state index < -0.39 is 23.8 Å². The molecule has 206 valence electrons. The Hall–Kier alpha value is -4.64. The minimum absolute atomic E-state index is 0.0252. The summed E-state index contributed by atoms with van der Waals surface area (Å²) in [7, 11) is 3.99. The van der Waals surface area contributed by atoms with Gasteiger partial charge in [0.05, 0.1) is 5.69 Å². The van der Waals surface area contributed by atoms with E-state index in [1.807, 2.05) is 44.4 Å². The van der Waals surface area contributed by atoms with E-state index in [0.717, 1.165) is 27.9 Å². The van der Waals surface area contributed by atoms with Crippen molar-refractivity contribution in [1.29, 1.82) is 0 Å². The number of anilines is 2. The molecule has 0 atom stereocenters. The zero-order chi connectivity index (χ0) is 28.6. The van der Waals surface area contributed by atoms with Gasteiger partial charge in [-0.05, 0) is 67.5 Å². The van der Waals surface area contributed by atoms with Crippen molar-refractivity contribution in [1.82, 2.24) is 14.7 Å². The smallest absolute Gasteiger partial charge is 0.351 e. The second kappa shape index (κ2) is 10.5. The highest BCUT2D eigenvalue weighted by Crippen LogP contribution is 2.37. The highest BCUT2D eigenvalue weighted by Gasteiger charge is 2.43. The maximum atomic E-state index is 13.9. The molecular formula is C29H27F3N6O2. The first-order chi connectivity index (χ1) is 19.0. The SMILES string of the molecule is CN(C)Cc1ccccc1-c1ccc(N2CCc3c(C(F)(F)F)nn(-c4cccc(NC(N)=O)c4)c3C2=O)cc1. The topological polar surface area (TPSA) is 96.5 Å². The van der Waals surface area contributed by atoms with Crippen LogP contribution in [0.15, 0.2) is 72.8 Å². The van der Waals surface area contributed by atoms with Crippen LogP contribution in [0.3, 0.4) is 0 Å². The molecule has 3 amide bonds. The van der Waals surface area contributed by atoms with E-state index in [1.54, 1.807) is 12.1 Å². The van der Waals surface area contributed by atoms with Gasteiger partial charge in [0, 0.05) is 30.0 Å². The van der Waals surface area contributed by atoms with Crippen molar-refractivity contribution in [2.75, 3.05) is 30.9 Å². The summed E-state index contributed by atoms with van der Waals surface area (Å²) in [5, 5.41) is 6.20. The lowest BCUT2D eigenvalue weighted by Crippen LogP contribution is -2.39. The lowest BCUT2D eigenvalue weighted by Gasteiger charge is -2.28. The number of fused-ring (bicyclic) bond motifs is 1. The van der Waals surface area contributed by atoms with Crippen molar-refractivity contribution >= 4 is 23.3 Å². The molecule has 1 aromatic heterocycles. The molecule has 0 fully saturated rings. The van der Waals surface area contributed by atoms with Crippen molar-refractivity contribution in [3.63, 3.8) is 0 Å². The van der Waals surface area contributed by atoms with Crippen LogP contribution < -0.4 is 16.0 Å². The molecule has 0 unspecified atom stereocenters. The Morgan fingerprint density at radius 2 is 1.75 bits per heavy atom. The average Bonchev–Trinajstić information content (AvgIpc) is 3.30. The normalized spacial score (nSPS) is 13.4. The van der Waals surface area contributed by atoms with Gasteiger partial charge in [-0.15, -0.1) is 0 Å². The van der Waals surface area contributed by atoms with Crippen LogP contribution in [0.2, 0.25) is 0 Å². The molecule has 0 bridgehead atoms. The molecule has 0 saturated carbocycles. The number of rotatable bonds is 6. The molecule has 1 aliphatic heterocycles. The van der Waals surface area contributed by atoms with Crippen molar-refractivity contribution in [3.8, 4) is 16.8 Å². The van der Waals surface area contributed by atoms with E-state index in [1.165, 1.54) is 29.2 Å². The van der Waals surface area contributed by atoms with Crippen molar-refractivity contribution in [3.05, 3.63) is 95.3 Å². The minimum Gasteiger partial charge on any atom is -0.351 e. The number of halogens is 3. The molecule has 0 aliphatic carbocycles. The fraction of sp³-hybridized carbons (Fsp3) is 0.207. The summed E-state index contributed by atoms with van der Waals surface area (Å²) in [6.07, 6.45) is -4.77. The average molecular weight is 549 g/mol. The Morgan fingerprint density at radius 1 is 1.02 bits per heavy atom. The number of primary amides is 1. The van der Waals surface area contributed by atoms with Crippen LogP contribution in [-0.2, 0) is 19.1 Å². The summed E-state index contributed by atoms with van der Waals surface area (Å²) in [6, 6.07) is 20.6. The summed E-state index contributed by atoms with van der Waals surface area (Å²) in [5.41, 5.74) is 7.94. The molecule has 8 nitrogen and oxygen atoms in total. The Morgan fingerprint density at radius 3 is 2.42 bits per heavy atom. The summed E-state index contributed by atoms with van der Waals surface area (Å²) in [5.74, 6) is -0.599. The van der Waals surface area contributed by atoms with Crippen LogP contribution in [0.1, 0.15) is 27.3 Å². The third-order valence-corrected chi connectivity index (χ3v) is 6.64. The Bertz CT molecular complexity index is 1580. The van der Waals surface area contributed by atoms with Gasteiger partial charge in [-0.1, -0.05) is 42.5 Å². The molecule has 0 radical (unpaired) electrons. The van der Waals surface area contributed by atoms with Gasteiger partial charge in [0.2, 0.25) is 0 Å². The highest BCUT2D eigenvalue weighted by atomic mass is 19.4. The number of hydrogen-bond donors (Lipinski definition) is 2. The first-order valence-electron chi connectivity index (χ1n) is 12.5. The molecular weight excluding hydrogens is 521 g/mol. The number of aromatic nitrogens is 2. The second-order valence-electron chi connectivity index (χ2n) is 9.77. The van der Waals surface area contributed by atoms with Crippen LogP contribution in [0.4, 0.5) is 29.3 Å². The number of nitrogens with zero attached hydrogens (tertiary/aromatic N) is 4. The fourth-order valence-corrected chi connectivity index (χ4v) is 4.98. The molecule has 4 aromatic rings. The molecule has 3 aromatic carbocycles. The maximum absolute atomic E-state index is 13.9. The Balaban J connectivity index is 1.52. The fourth-order valence-electron chi connectivity index (χ4n) is 4.98. The predicted octanol–water partition coefficient (Wildman–Crippen LogP) is 5.31. The summed E-state index contributed by atoms with van der Waals surface area (Å²) >= 11 is 0. The van der Waals surface area contributed by atoms with E-state index in [4.69, 9.17) is 5.73 Å². The summed E-state index contributed by atoms with van der Waals surface area (Å²) in [6.45, 7) is 0.827. The third-order valence-electron chi connectivity index (χ3n) is 6.64. The number of alkyl halides is 3. The molecule has 40 heavy (non-hydrogen) atoms. The van der Waals surface area contributed by atoms with Gasteiger partial charge in [0.1, 0.15) is 5.69 Å². The Kier molecular flexibility index (Phi) is 7.07. The van der Waals surface area contributed by atoms with E-state index in [9.17, 15) is 22.8 Å². The van der Waals surface area contributed by atoms with E-state index in [0.29, 0.717) is 5.69 Å². The minimum atomic E-state index is -4.75. The molecule has 11 heteroatoms. The lowest BCUT2D eigenvalue weighted by molar-refractivity contribution is -0.141. The maximum Gasteiger partial charge on any atom is 0.435 e. The predicted molar refractivity (Wildman–Crippen MR) is 146 cm³/mol. The van der Waals surface area contributed by atoms with Crippen LogP contribution in [-0.4, -0.2) is 47.3 Å². The van der Waals surface area contributed by atoms with Gasteiger partial charge in [-0.3, -0.25) is 4.79 Å².